The van der Waals surface area contributed by atoms with Gasteiger partial charge in [0.15, 0.2) is 5.88 Å². The number of aliphatic hydroxyl groups is 1. The molecule has 0 saturated carbocycles. The smallest absolute Gasteiger partial charge is 0.246 e. The third-order valence-electron chi connectivity index (χ3n) is 8.03. The van der Waals surface area contributed by atoms with Crippen molar-refractivity contribution < 1.29 is 58.1 Å². The minimum absolute atomic E-state index is 0.00108. The lowest BCUT2D eigenvalue weighted by Crippen LogP contribution is -2.54. The van der Waals surface area contributed by atoms with Gasteiger partial charge in [0, 0.05) is 18.2 Å². The number of aliphatic hydroxyl groups excluding tert-OH is 1. The zero-order valence-electron chi connectivity index (χ0n) is 32.3. The van der Waals surface area contributed by atoms with Gasteiger partial charge in [-0.1, -0.05) is 26.0 Å². The van der Waals surface area contributed by atoms with Crippen LogP contribution in [0.3, 0.4) is 0 Å². The molecular weight excluding hydrogens is 738 g/mol. The molecule has 0 fully saturated rings. The van der Waals surface area contributed by atoms with E-state index < -0.39 is 23.9 Å². The van der Waals surface area contributed by atoms with Crippen molar-refractivity contribution in [3.8, 4) is 11.8 Å². The van der Waals surface area contributed by atoms with Gasteiger partial charge in [-0.2, -0.15) is 0 Å². The summed E-state index contributed by atoms with van der Waals surface area (Å²) in [7, 11) is 0. The number of aromatic nitrogens is 1. The molecule has 2 atom stereocenters. The molecule has 3 amide bonds. The number of ether oxygens (including phenoxy) is 6. The molecule has 55 heavy (non-hydrogen) atoms. The van der Waals surface area contributed by atoms with E-state index in [2.05, 4.69) is 16.0 Å². The van der Waals surface area contributed by atoms with Crippen molar-refractivity contribution in [1.29, 1.82) is 0 Å². The number of benzene rings is 1. The largest absolute Gasteiger partial charge is 0.494 e. The van der Waals surface area contributed by atoms with Gasteiger partial charge in [0.05, 0.1) is 97.3 Å². The highest BCUT2D eigenvalue weighted by Gasteiger charge is 2.28. The monoisotopic (exact) mass is 799 g/mol. The van der Waals surface area contributed by atoms with E-state index in [1.165, 1.54) is 22.4 Å². The number of hydrogen-bond acceptors (Lipinski definition) is 14. The number of carbonyl (C=O) groups is 3. The topological polar surface area (TPSA) is 234 Å². The summed E-state index contributed by atoms with van der Waals surface area (Å²) in [5.74, 6) is -1.44. The minimum atomic E-state index is -0.854. The van der Waals surface area contributed by atoms with Gasteiger partial charge in [0.25, 0.3) is 0 Å². The summed E-state index contributed by atoms with van der Waals surface area (Å²) in [6, 6.07) is 6.54. The predicted octanol–water partition coefficient (Wildman–Crippen LogP) is 1.61. The molecule has 2 rings (SSSR count). The van der Waals surface area contributed by atoms with Crippen LogP contribution < -0.4 is 21.7 Å². The van der Waals surface area contributed by atoms with E-state index in [0.717, 1.165) is 0 Å². The molecule has 2 aromatic rings. The molecule has 0 aliphatic heterocycles. The Balaban J connectivity index is 1.46. The molecule has 1 heterocycles. The maximum Gasteiger partial charge on any atom is 0.246 e. The quantitative estimate of drug-likeness (QED) is 0.0412. The van der Waals surface area contributed by atoms with Gasteiger partial charge >= 0.3 is 0 Å². The van der Waals surface area contributed by atoms with Crippen molar-refractivity contribution in [2.45, 2.75) is 63.2 Å². The summed E-state index contributed by atoms with van der Waals surface area (Å²) in [6.45, 7) is 8.47. The van der Waals surface area contributed by atoms with E-state index in [4.69, 9.17) is 34.2 Å². The number of carbonyl (C=O) groups excluding carboxylic acids is 3. The van der Waals surface area contributed by atoms with Crippen LogP contribution in [0, 0.1) is 5.92 Å². The summed E-state index contributed by atoms with van der Waals surface area (Å²) < 4.78 is 34.3. The first-order valence-corrected chi connectivity index (χ1v) is 19.8. The number of nitrogens with zero attached hydrogens (tertiary/aromatic N) is 1. The summed E-state index contributed by atoms with van der Waals surface area (Å²) in [6.07, 6.45) is 2.71. The Morgan fingerprint density at radius 2 is 1.31 bits per heavy atom. The predicted molar refractivity (Wildman–Crippen MR) is 207 cm³/mol. The van der Waals surface area contributed by atoms with E-state index in [-0.39, 0.29) is 49.8 Å². The fourth-order valence-electron chi connectivity index (χ4n) is 4.95. The average Bonchev–Trinajstić information content (AvgIpc) is 3.45. The SMILES string of the molecule is CSc1cc(O)n(CCOCCOCCOCCOCCOCCOCCC(=O)NC(C(=O)NC(CCCN)C(=O)Nc2ccc(CO)cc2)C(C)C)c1O. The van der Waals surface area contributed by atoms with Gasteiger partial charge in [-0.05, 0) is 49.3 Å². The number of nitrogens with one attached hydrogen (secondary N) is 3. The van der Waals surface area contributed by atoms with Crippen molar-refractivity contribution in [3.05, 3.63) is 35.9 Å². The molecule has 0 aliphatic rings. The third kappa shape index (κ3) is 19.8. The second-order valence-electron chi connectivity index (χ2n) is 12.6. The first-order chi connectivity index (χ1) is 26.6. The number of anilines is 1. The zero-order valence-corrected chi connectivity index (χ0v) is 33.1. The fourth-order valence-corrected chi connectivity index (χ4v) is 5.47. The standard InChI is InChI=1S/C37H61N5O12S/c1-27(2)34(36(47)40-30(5-4-11-38)35(46)39-29-8-6-28(26-43)7-9-29)41-32(44)10-13-49-15-17-51-19-21-53-23-24-54-22-20-52-18-16-50-14-12-42-33(45)25-31(55-3)37(42)48/h6-9,25,27,30,34,43,45,48H,4-5,10-24,26,38H2,1-3H3,(H,39,46)(H,40,47)(H,41,44). The van der Waals surface area contributed by atoms with Gasteiger partial charge in [0.1, 0.15) is 12.1 Å². The van der Waals surface area contributed by atoms with Gasteiger partial charge in [-0.25, -0.2) is 0 Å². The normalized spacial score (nSPS) is 12.5. The van der Waals surface area contributed by atoms with Crippen LogP contribution in [0.15, 0.2) is 35.2 Å². The molecule has 0 radical (unpaired) electrons. The number of amides is 3. The fraction of sp³-hybridized carbons (Fsp3) is 0.649. The molecule has 8 N–H and O–H groups in total. The average molecular weight is 800 g/mol. The Morgan fingerprint density at radius 3 is 1.78 bits per heavy atom. The summed E-state index contributed by atoms with van der Waals surface area (Å²) in [5, 5.41) is 37.4. The van der Waals surface area contributed by atoms with Crippen LogP contribution in [0.5, 0.6) is 11.8 Å². The van der Waals surface area contributed by atoms with E-state index in [1.54, 1.807) is 38.1 Å². The first kappa shape index (κ1) is 47.7. The molecule has 18 heteroatoms. The van der Waals surface area contributed by atoms with Gasteiger partial charge in [-0.3, -0.25) is 19.0 Å². The van der Waals surface area contributed by atoms with Crippen LogP contribution in [-0.4, -0.2) is 142 Å². The second-order valence-corrected chi connectivity index (χ2v) is 13.4. The second kappa shape index (κ2) is 28.9. The van der Waals surface area contributed by atoms with E-state index in [1.807, 2.05) is 6.26 Å². The van der Waals surface area contributed by atoms with E-state index >= 15 is 0 Å². The lowest BCUT2D eigenvalue weighted by atomic mass is 10.0. The first-order valence-electron chi connectivity index (χ1n) is 18.5. The highest BCUT2D eigenvalue weighted by atomic mass is 32.2. The lowest BCUT2D eigenvalue weighted by molar-refractivity contribution is -0.132. The highest BCUT2D eigenvalue weighted by Crippen LogP contribution is 2.33. The number of thioether (sulfide) groups is 1. The molecule has 0 aliphatic carbocycles. The Morgan fingerprint density at radius 1 is 0.782 bits per heavy atom. The van der Waals surface area contributed by atoms with Crippen molar-refractivity contribution in [1.82, 2.24) is 15.2 Å². The Bertz CT molecular complexity index is 1360. The number of rotatable bonds is 32. The maximum absolute atomic E-state index is 13.2. The van der Waals surface area contributed by atoms with Gasteiger partial charge < -0.3 is 65.4 Å². The van der Waals surface area contributed by atoms with Gasteiger partial charge in [0.2, 0.25) is 23.6 Å². The summed E-state index contributed by atoms with van der Waals surface area (Å²) >= 11 is 1.35. The van der Waals surface area contributed by atoms with Crippen molar-refractivity contribution in [2.75, 3.05) is 97.4 Å². The van der Waals surface area contributed by atoms with Crippen LogP contribution in [0.1, 0.15) is 38.7 Å². The van der Waals surface area contributed by atoms with Crippen LogP contribution in [0.25, 0.3) is 0 Å². The molecule has 1 aromatic heterocycles. The van der Waals surface area contributed by atoms with Crippen LogP contribution in [0.4, 0.5) is 5.69 Å². The van der Waals surface area contributed by atoms with Crippen LogP contribution in [0.2, 0.25) is 0 Å². The zero-order chi connectivity index (χ0) is 40.3. The summed E-state index contributed by atoms with van der Waals surface area (Å²) in [5.41, 5.74) is 6.89. The van der Waals surface area contributed by atoms with Crippen molar-refractivity contribution >= 4 is 35.2 Å². The Labute approximate surface area is 327 Å². The lowest BCUT2D eigenvalue weighted by Gasteiger charge is -2.25. The molecule has 0 saturated heterocycles. The number of hydrogen-bond donors (Lipinski definition) is 7. The van der Waals surface area contributed by atoms with Crippen molar-refractivity contribution in [2.24, 2.45) is 11.7 Å². The molecule has 312 valence electrons. The minimum Gasteiger partial charge on any atom is -0.494 e. The maximum atomic E-state index is 13.2. The molecule has 0 bridgehead atoms. The number of nitrogens with two attached hydrogens (primary N) is 1. The molecule has 2 unspecified atom stereocenters. The molecule has 17 nitrogen and oxygen atoms in total. The van der Waals surface area contributed by atoms with Crippen LogP contribution >= 0.6 is 11.8 Å². The molecule has 0 spiro atoms. The molecular formula is C37H61N5O12S. The van der Waals surface area contributed by atoms with Gasteiger partial charge in [-0.15, -0.1) is 11.8 Å². The highest BCUT2D eigenvalue weighted by molar-refractivity contribution is 7.98. The van der Waals surface area contributed by atoms with Crippen LogP contribution in [-0.2, 0) is 56.0 Å². The van der Waals surface area contributed by atoms with E-state index in [0.29, 0.717) is 108 Å². The number of aromatic hydroxyl groups is 2. The Hall–Kier alpha value is -3.46. The molecule has 1 aromatic carbocycles. The van der Waals surface area contributed by atoms with Crippen molar-refractivity contribution in [3.63, 3.8) is 0 Å². The van der Waals surface area contributed by atoms with E-state index in [9.17, 15) is 29.7 Å². The summed E-state index contributed by atoms with van der Waals surface area (Å²) in [4.78, 5) is 39.4. The third-order valence-corrected chi connectivity index (χ3v) is 8.77. The Kier molecular flexibility index (Phi) is 25.0.